The van der Waals surface area contributed by atoms with E-state index >= 15 is 0 Å². The highest BCUT2D eigenvalue weighted by molar-refractivity contribution is 6.31. The van der Waals surface area contributed by atoms with Gasteiger partial charge >= 0.3 is 0 Å². The Balaban J connectivity index is 2.09. The first-order valence-corrected chi connectivity index (χ1v) is 6.84. The van der Waals surface area contributed by atoms with Gasteiger partial charge < -0.3 is 5.21 Å². The minimum atomic E-state index is -0.365. The topological polar surface area (TPSA) is 57.1 Å². The molecule has 5 nitrogen and oxygen atoms in total. The van der Waals surface area contributed by atoms with E-state index in [2.05, 4.69) is 10.2 Å². The Labute approximate surface area is 128 Å². The molecule has 0 radical (unpaired) electrons. The van der Waals surface area contributed by atoms with Crippen LogP contribution in [0.3, 0.4) is 0 Å². The SMILES string of the molecule is [O-][n+]1nc2c(-c3cccc(F)c3)cnn2c2cc(Cl)ccc21. The number of halogens is 2. The maximum atomic E-state index is 13.4. The third kappa shape index (κ3) is 1.88. The maximum Gasteiger partial charge on any atom is 0.270 e. The van der Waals surface area contributed by atoms with Gasteiger partial charge in [-0.15, -0.1) is 0 Å². The molecule has 0 aliphatic carbocycles. The summed E-state index contributed by atoms with van der Waals surface area (Å²) in [7, 11) is 0. The molecule has 2 aromatic heterocycles. The monoisotopic (exact) mass is 314 g/mol. The quantitative estimate of drug-likeness (QED) is 0.401. The first-order chi connectivity index (χ1) is 10.6. The summed E-state index contributed by atoms with van der Waals surface area (Å²) in [6, 6.07) is 10.9. The van der Waals surface area contributed by atoms with E-state index in [4.69, 9.17) is 11.6 Å². The highest BCUT2D eigenvalue weighted by Gasteiger charge is 2.17. The summed E-state index contributed by atoms with van der Waals surface area (Å²) in [6.45, 7) is 0. The standard InChI is InChI=1S/C15H8ClFN4O/c16-10-4-5-13-14(7-10)20-15(19-21(13)22)12(8-18-20)9-2-1-3-11(17)6-9/h1-8H. The molecule has 0 spiro atoms. The molecular weight excluding hydrogens is 307 g/mol. The van der Waals surface area contributed by atoms with E-state index in [1.165, 1.54) is 16.6 Å². The van der Waals surface area contributed by atoms with Crippen LogP contribution >= 0.6 is 11.6 Å². The number of aromatic nitrogens is 4. The lowest BCUT2D eigenvalue weighted by Gasteiger charge is -2.03. The minimum Gasteiger partial charge on any atom is -0.594 e. The Kier molecular flexibility index (Phi) is 2.74. The van der Waals surface area contributed by atoms with Gasteiger partial charge in [-0.1, -0.05) is 23.7 Å². The Morgan fingerprint density at radius 2 is 2.05 bits per heavy atom. The van der Waals surface area contributed by atoms with Gasteiger partial charge in [0.15, 0.2) is 0 Å². The van der Waals surface area contributed by atoms with Crippen molar-refractivity contribution >= 4 is 28.3 Å². The molecule has 4 rings (SSSR count). The zero-order valence-corrected chi connectivity index (χ0v) is 11.8. The Hall–Kier alpha value is -2.73. The molecule has 108 valence electrons. The molecule has 2 aromatic carbocycles. The molecular formula is C15H8ClFN4O. The summed E-state index contributed by atoms with van der Waals surface area (Å²) in [5.74, 6) is -0.365. The number of hydrogen-bond donors (Lipinski definition) is 0. The first kappa shape index (κ1) is 13.0. The van der Waals surface area contributed by atoms with Crippen molar-refractivity contribution in [1.29, 1.82) is 0 Å². The van der Waals surface area contributed by atoms with Gasteiger partial charge in [-0.25, -0.2) is 8.91 Å². The molecule has 0 N–H and O–H groups in total. The highest BCUT2D eigenvalue weighted by Crippen LogP contribution is 2.25. The van der Waals surface area contributed by atoms with E-state index < -0.39 is 0 Å². The Morgan fingerprint density at radius 1 is 1.18 bits per heavy atom. The van der Waals surface area contributed by atoms with Crippen LogP contribution in [0.25, 0.3) is 27.8 Å². The van der Waals surface area contributed by atoms with Gasteiger partial charge in [0.2, 0.25) is 5.65 Å². The second-order valence-corrected chi connectivity index (χ2v) is 5.25. The van der Waals surface area contributed by atoms with Crippen LogP contribution in [-0.4, -0.2) is 14.7 Å². The van der Waals surface area contributed by atoms with Crippen LogP contribution in [0.1, 0.15) is 0 Å². The zero-order chi connectivity index (χ0) is 15.3. The lowest BCUT2D eigenvalue weighted by atomic mass is 10.1. The average molecular weight is 315 g/mol. The predicted molar refractivity (Wildman–Crippen MR) is 79.9 cm³/mol. The van der Waals surface area contributed by atoms with Gasteiger partial charge in [-0.2, -0.15) is 5.10 Å². The van der Waals surface area contributed by atoms with Gasteiger partial charge in [-0.3, -0.25) is 0 Å². The second-order valence-electron chi connectivity index (χ2n) is 4.81. The van der Waals surface area contributed by atoms with E-state index in [0.717, 1.165) is 0 Å². The smallest absolute Gasteiger partial charge is 0.270 e. The van der Waals surface area contributed by atoms with Gasteiger partial charge in [0, 0.05) is 16.2 Å². The van der Waals surface area contributed by atoms with E-state index in [1.54, 1.807) is 36.5 Å². The number of rotatable bonds is 1. The normalized spacial score (nSPS) is 11.4. The second kappa shape index (κ2) is 4.64. The molecule has 0 unspecified atom stereocenters. The third-order valence-corrected chi connectivity index (χ3v) is 3.67. The fourth-order valence-corrected chi connectivity index (χ4v) is 2.61. The van der Waals surface area contributed by atoms with E-state index in [0.29, 0.717) is 37.7 Å². The predicted octanol–water partition coefficient (Wildman–Crippen LogP) is 2.98. The zero-order valence-electron chi connectivity index (χ0n) is 11.1. The van der Waals surface area contributed by atoms with Crippen molar-refractivity contribution in [2.75, 3.05) is 0 Å². The van der Waals surface area contributed by atoms with Crippen LogP contribution in [-0.2, 0) is 0 Å². The molecule has 0 fully saturated rings. The Morgan fingerprint density at radius 3 is 2.86 bits per heavy atom. The first-order valence-electron chi connectivity index (χ1n) is 6.46. The molecule has 2 heterocycles. The van der Waals surface area contributed by atoms with Crippen LogP contribution < -0.4 is 4.85 Å². The van der Waals surface area contributed by atoms with E-state index in [9.17, 15) is 9.60 Å². The molecule has 0 atom stereocenters. The van der Waals surface area contributed by atoms with Gasteiger partial charge in [0.05, 0.1) is 11.8 Å². The van der Waals surface area contributed by atoms with Crippen molar-refractivity contribution in [3.63, 3.8) is 0 Å². The molecule has 0 amide bonds. The minimum absolute atomic E-state index is 0.343. The summed E-state index contributed by atoms with van der Waals surface area (Å²) in [5, 5.41) is 20.8. The van der Waals surface area contributed by atoms with Crippen molar-refractivity contribution in [2.24, 2.45) is 0 Å². The van der Waals surface area contributed by atoms with Gasteiger partial charge in [0.25, 0.3) is 5.52 Å². The Bertz CT molecular complexity index is 1030. The fraction of sp³-hybridized carbons (Fsp3) is 0. The molecule has 0 saturated carbocycles. The molecule has 0 bridgehead atoms. The van der Waals surface area contributed by atoms with Crippen molar-refractivity contribution in [1.82, 2.24) is 14.7 Å². The van der Waals surface area contributed by atoms with Crippen molar-refractivity contribution in [2.45, 2.75) is 0 Å². The van der Waals surface area contributed by atoms with Crippen molar-refractivity contribution in [3.05, 3.63) is 64.7 Å². The average Bonchev–Trinajstić information content (AvgIpc) is 2.91. The molecule has 0 aliphatic rings. The lowest BCUT2D eigenvalue weighted by Crippen LogP contribution is -2.33. The summed E-state index contributed by atoms with van der Waals surface area (Å²) < 4.78 is 14.9. The summed E-state index contributed by atoms with van der Waals surface area (Å²) >= 11 is 5.99. The molecule has 7 heteroatoms. The van der Waals surface area contributed by atoms with Crippen LogP contribution in [0.15, 0.2) is 48.7 Å². The molecule has 0 aliphatic heterocycles. The van der Waals surface area contributed by atoms with E-state index in [-0.39, 0.29) is 5.82 Å². The number of fused-ring (bicyclic) bond motifs is 3. The number of hydrogen-bond acceptors (Lipinski definition) is 3. The number of nitrogens with zero attached hydrogens (tertiary/aromatic N) is 4. The largest absolute Gasteiger partial charge is 0.594 e. The van der Waals surface area contributed by atoms with Crippen LogP contribution in [0.5, 0.6) is 0 Å². The van der Waals surface area contributed by atoms with Gasteiger partial charge in [-0.05, 0) is 34.7 Å². The highest BCUT2D eigenvalue weighted by atomic mass is 35.5. The third-order valence-electron chi connectivity index (χ3n) is 3.44. The summed E-state index contributed by atoms with van der Waals surface area (Å²) in [6.07, 6.45) is 1.55. The summed E-state index contributed by atoms with van der Waals surface area (Å²) in [4.78, 5) is 0.519. The molecule has 4 aromatic rings. The molecule has 0 saturated heterocycles. The van der Waals surface area contributed by atoms with Crippen LogP contribution in [0.2, 0.25) is 5.02 Å². The lowest BCUT2D eigenvalue weighted by molar-refractivity contribution is -0.640. The number of benzene rings is 2. The van der Waals surface area contributed by atoms with Gasteiger partial charge in [0.1, 0.15) is 11.3 Å². The fourth-order valence-electron chi connectivity index (χ4n) is 2.44. The maximum absolute atomic E-state index is 13.4. The van der Waals surface area contributed by atoms with E-state index in [1.807, 2.05) is 0 Å². The van der Waals surface area contributed by atoms with Crippen LogP contribution in [0, 0.1) is 11.0 Å². The van der Waals surface area contributed by atoms with Crippen LogP contribution in [0.4, 0.5) is 4.39 Å². The van der Waals surface area contributed by atoms with Crippen molar-refractivity contribution < 1.29 is 9.24 Å². The molecule has 22 heavy (non-hydrogen) atoms. The summed E-state index contributed by atoms with van der Waals surface area (Å²) in [5.41, 5.74) is 2.41. The van der Waals surface area contributed by atoms with Crippen molar-refractivity contribution in [3.8, 4) is 11.1 Å².